The van der Waals surface area contributed by atoms with Crippen LogP contribution in [0.4, 0.5) is 0 Å². The lowest BCUT2D eigenvalue weighted by molar-refractivity contribution is -0.131. The van der Waals surface area contributed by atoms with Crippen molar-refractivity contribution in [2.24, 2.45) is 17.3 Å². The zero-order valence-corrected chi connectivity index (χ0v) is 19.1. The van der Waals surface area contributed by atoms with Crippen molar-refractivity contribution in [2.75, 3.05) is 19.6 Å². The fourth-order valence-corrected chi connectivity index (χ4v) is 5.17. The number of carbonyl (C=O) groups is 2. The molecule has 1 aliphatic heterocycles. The van der Waals surface area contributed by atoms with E-state index in [1.807, 2.05) is 31.2 Å². The lowest BCUT2D eigenvalue weighted by Crippen LogP contribution is -2.58. The summed E-state index contributed by atoms with van der Waals surface area (Å²) < 4.78 is 0. The number of hydrogen-bond donors (Lipinski definition) is 2. The highest BCUT2D eigenvalue weighted by molar-refractivity contribution is 6.30. The van der Waals surface area contributed by atoms with Crippen molar-refractivity contribution >= 4 is 23.8 Å². The number of rotatable bonds is 7. The molecule has 1 saturated heterocycles. The first-order valence-corrected chi connectivity index (χ1v) is 11.5. The third-order valence-electron chi connectivity index (χ3n) is 7.21. The van der Waals surface area contributed by atoms with E-state index in [-0.39, 0.29) is 23.8 Å². The molecule has 0 aromatic heterocycles. The molecule has 1 unspecified atom stereocenters. The van der Waals surface area contributed by atoms with Crippen molar-refractivity contribution in [3.8, 4) is 0 Å². The van der Waals surface area contributed by atoms with Gasteiger partial charge in [0.05, 0.1) is 11.6 Å². The Bertz CT molecular complexity index is 745. The van der Waals surface area contributed by atoms with Crippen molar-refractivity contribution in [3.63, 3.8) is 0 Å². The molecule has 1 aliphatic carbocycles. The Labute approximate surface area is 185 Å². The van der Waals surface area contributed by atoms with Crippen LogP contribution in [-0.4, -0.2) is 47.9 Å². The van der Waals surface area contributed by atoms with Gasteiger partial charge in [-0.3, -0.25) is 4.79 Å². The van der Waals surface area contributed by atoms with Gasteiger partial charge >= 0.3 is 0 Å². The van der Waals surface area contributed by atoms with E-state index in [1.54, 1.807) is 0 Å². The molecule has 6 heteroatoms. The van der Waals surface area contributed by atoms with E-state index < -0.39 is 11.0 Å². The fraction of sp³-hybridized carbons (Fsp3) is 0.667. The number of carbonyl (C=O) groups excluding carboxylic acids is 2. The molecule has 5 nitrogen and oxygen atoms in total. The molecule has 3 rings (SSSR count). The molecule has 1 saturated carbocycles. The van der Waals surface area contributed by atoms with E-state index >= 15 is 0 Å². The summed E-state index contributed by atoms with van der Waals surface area (Å²) in [4.78, 5) is 26.4. The van der Waals surface area contributed by atoms with Crippen LogP contribution in [0.1, 0.15) is 58.4 Å². The van der Waals surface area contributed by atoms with Gasteiger partial charge in [-0.1, -0.05) is 57.3 Å². The summed E-state index contributed by atoms with van der Waals surface area (Å²) in [6, 6.07) is 7.22. The number of nitrogens with zero attached hydrogens (tertiary/aromatic N) is 1. The van der Waals surface area contributed by atoms with Crippen molar-refractivity contribution in [1.82, 2.24) is 10.2 Å². The van der Waals surface area contributed by atoms with Crippen LogP contribution in [0.15, 0.2) is 24.3 Å². The number of likely N-dealkylation sites (tertiary alicyclic amines) is 1. The highest BCUT2D eigenvalue weighted by Gasteiger charge is 2.49. The monoisotopic (exact) mass is 434 g/mol. The van der Waals surface area contributed by atoms with Gasteiger partial charge in [-0.2, -0.15) is 0 Å². The summed E-state index contributed by atoms with van der Waals surface area (Å²) in [6.45, 7) is 7.99. The van der Waals surface area contributed by atoms with Crippen LogP contribution < -0.4 is 5.32 Å². The van der Waals surface area contributed by atoms with Gasteiger partial charge in [-0.05, 0) is 37.0 Å². The quantitative estimate of drug-likeness (QED) is 0.641. The zero-order chi connectivity index (χ0) is 21.9. The molecule has 30 heavy (non-hydrogen) atoms. The average Bonchev–Trinajstić information content (AvgIpc) is 3.25. The molecular weight excluding hydrogens is 400 g/mol. The summed E-state index contributed by atoms with van der Waals surface area (Å²) in [5.74, 6) is -0.0881. The molecular formula is C24H35ClN2O3. The van der Waals surface area contributed by atoms with Gasteiger partial charge < -0.3 is 20.1 Å². The number of nitrogens with one attached hydrogen (secondary N) is 1. The SMILES string of the molecule is C[C@@H](C=O)C(CN1CC[C@](O)(c2ccc(Cl)cc2)C(C)(C)C1)NC(=O)C1CCCC1. The molecule has 3 atom stereocenters. The first-order valence-electron chi connectivity index (χ1n) is 11.1. The predicted octanol–water partition coefficient (Wildman–Crippen LogP) is 3.77. The first-order chi connectivity index (χ1) is 14.2. The Hall–Kier alpha value is -1.43. The van der Waals surface area contributed by atoms with Crippen molar-refractivity contribution < 1.29 is 14.7 Å². The highest BCUT2D eigenvalue weighted by atomic mass is 35.5. The van der Waals surface area contributed by atoms with Gasteiger partial charge in [0.2, 0.25) is 5.91 Å². The van der Waals surface area contributed by atoms with Crippen molar-refractivity contribution in [2.45, 2.75) is 64.5 Å². The van der Waals surface area contributed by atoms with Gasteiger partial charge in [0, 0.05) is 41.9 Å². The van der Waals surface area contributed by atoms with E-state index in [9.17, 15) is 14.7 Å². The van der Waals surface area contributed by atoms with Gasteiger partial charge in [0.25, 0.3) is 0 Å². The van der Waals surface area contributed by atoms with Crippen LogP contribution >= 0.6 is 11.6 Å². The van der Waals surface area contributed by atoms with Crippen molar-refractivity contribution in [1.29, 1.82) is 0 Å². The standard InChI is InChI=1S/C24H35ClN2O3/c1-17(15-28)21(26-22(29)18-6-4-5-7-18)14-27-13-12-24(30,23(2,3)16-27)19-8-10-20(25)11-9-19/h8-11,15,17-18,21,30H,4-7,12-14,16H2,1-3H3,(H,26,29)/t17-,21?,24-/m0/s1. The molecule has 2 N–H and O–H groups in total. The summed E-state index contributed by atoms with van der Waals surface area (Å²) in [5, 5.41) is 15.4. The Kier molecular flexibility index (Phi) is 7.26. The van der Waals surface area contributed by atoms with Crippen LogP contribution in [-0.2, 0) is 15.2 Å². The fourth-order valence-electron chi connectivity index (χ4n) is 5.05. The number of aldehydes is 1. The number of halogens is 1. The second kappa shape index (κ2) is 9.37. The molecule has 2 aliphatic rings. The van der Waals surface area contributed by atoms with E-state index in [2.05, 4.69) is 24.1 Å². The maximum atomic E-state index is 12.7. The van der Waals surface area contributed by atoms with Gasteiger partial charge in [0.1, 0.15) is 6.29 Å². The topological polar surface area (TPSA) is 69.6 Å². The van der Waals surface area contributed by atoms with Crippen LogP contribution in [0, 0.1) is 17.3 Å². The summed E-state index contributed by atoms with van der Waals surface area (Å²) in [5.41, 5.74) is -0.472. The minimum atomic E-state index is -0.951. The number of piperidine rings is 1. The highest BCUT2D eigenvalue weighted by Crippen LogP contribution is 2.46. The summed E-state index contributed by atoms with van der Waals surface area (Å²) >= 11 is 6.03. The molecule has 166 valence electrons. The van der Waals surface area contributed by atoms with Crippen LogP contribution in [0.2, 0.25) is 5.02 Å². The Morgan fingerprint density at radius 3 is 2.50 bits per heavy atom. The van der Waals surface area contributed by atoms with Gasteiger partial charge in [-0.15, -0.1) is 0 Å². The minimum Gasteiger partial charge on any atom is -0.385 e. The van der Waals surface area contributed by atoms with Gasteiger partial charge in [0.15, 0.2) is 0 Å². The maximum Gasteiger partial charge on any atom is 0.223 e. The molecule has 0 spiro atoms. The van der Waals surface area contributed by atoms with E-state index in [0.29, 0.717) is 31.1 Å². The number of amides is 1. The van der Waals surface area contributed by atoms with E-state index in [4.69, 9.17) is 11.6 Å². The molecule has 0 bridgehead atoms. The second-order valence-corrected chi connectivity index (χ2v) is 10.3. The minimum absolute atomic E-state index is 0.0825. The number of benzene rings is 1. The predicted molar refractivity (Wildman–Crippen MR) is 119 cm³/mol. The zero-order valence-electron chi connectivity index (χ0n) is 18.4. The number of hydrogen-bond acceptors (Lipinski definition) is 4. The molecule has 1 amide bonds. The number of aliphatic hydroxyl groups is 1. The molecule has 0 radical (unpaired) electrons. The smallest absolute Gasteiger partial charge is 0.223 e. The van der Waals surface area contributed by atoms with Crippen LogP contribution in [0.5, 0.6) is 0 Å². The average molecular weight is 435 g/mol. The Balaban J connectivity index is 1.69. The third-order valence-corrected chi connectivity index (χ3v) is 7.46. The normalized spacial score (nSPS) is 26.8. The molecule has 1 aromatic rings. The summed E-state index contributed by atoms with van der Waals surface area (Å²) in [7, 11) is 0. The van der Waals surface area contributed by atoms with Gasteiger partial charge in [-0.25, -0.2) is 0 Å². The van der Waals surface area contributed by atoms with Crippen LogP contribution in [0.25, 0.3) is 0 Å². The van der Waals surface area contributed by atoms with Crippen molar-refractivity contribution in [3.05, 3.63) is 34.9 Å². The summed E-state index contributed by atoms with van der Waals surface area (Å²) in [6.07, 6.45) is 5.61. The third kappa shape index (κ3) is 4.90. The molecule has 2 fully saturated rings. The lowest BCUT2D eigenvalue weighted by atomic mass is 9.66. The largest absolute Gasteiger partial charge is 0.385 e. The molecule has 1 heterocycles. The Morgan fingerprint density at radius 1 is 1.30 bits per heavy atom. The van der Waals surface area contributed by atoms with Crippen LogP contribution in [0.3, 0.4) is 0 Å². The van der Waals surface area contributed by atoms with E-state index in [1.165, 1.54) is 0 Å². The Morgan fingerprint density at radius 2 is 1.93 bits per heavy atom. The molecule has 1 aromatic carbocycles. The second-order valence-electron chi connectivity index (χ2n) is 9.83. The first kappa shape index (κ1) is 23.2. The van der Waals surface area contributed by atoms with E-state index in [0.717, 1.165) is 37.5 Å². The lowest BCUT2D eigenvalue weighted by Gasteiger charge is -2.51. The maximum absolute atomic E-state index is 12.7.